The predicted molar refractivity (Wildman–Crippen MR) is 58.5 cm³/mol. The monoisotopic (exact) mass is 229 g/mol. The Morgan fingerprint density at radius 1 is 1.50 bits per heavy atom. The van der Waals surface area contributed by atoms with Crippen LogP contribution < -0.4 is 16.8 Å². The van der Waals surface area contributed by atoms with E-state index >= 15 is 0 Å². The summed E-state index contributed by atoms with van der Waals surface area (Å²) in [5.41, 5.74) is 10.4. The van der Waals surface area contributed by atoms with Gasteiger partial charge in [-0.1, -0.05) is 6.42 Å². The summed E-state index contributed by atoms with van der Waals surface area (Å²) in [6, 6.07) is -0.859. The van der Waals surface area contributed by atoms with Crippen molar-refractivity contribution in [2.75, 3.05) is 6.54 Å². The molecule has 16 heavy (non-hydrogen) atoms. The first-order valence-electron chi connectivity index (χ1n) is 5.50. The molecular formula is C10H19N3O3. The molecular weight excluding hydrogens is 210 g/mol. The number of hydrogen-bond acceptors (Lipinski definition) is 4. The van der Waals surface area contributed by atoms with E-state index in [-0.39, 0.29) is 6.10 Å². The molecule has 1 aliphatic carbocycles. The van der Waals surface area contributed by atoms with Gasteiger partial charge in [-0.05, 0) is 32.2 Å². The zero-order valence-electron chi connectivity index (χ0n) is 9.44. The fourth-order valence-electron chi connectivity index (χ4n) is 2.00. The fourth-order valence-corrected chi connectivity index (χ4v) is 2.00. The van der Waals surface area contributed by atoms with E-state index in [1.807, 2.05) is 5.32 Å². The smallest absolute Gasteiger partial charge is 0.318 e. The van der Waals surface area contributed by atoms with Gasteiger partial charge in [0.2, 0.25) is 0 Å². The summed E-state index contributed by atoms with van der Waals surface area (Å²) in [6.45, 7) is 2.17. The van der Waals surface area contributed by atoms with E-state index in [4.69, 9.17) is 16.2 Å². The molecule has 0 aromatic heterocycles. The maximum absolute atomic E-state index is 11.4. The summed E-state index contributed by atoms with van der Waals surface area (Å²) in [6.07, 6.45) is 2.35. The van der Waals surface area contributed by atoms with E-state index in [1.165, 1.54) is 0 Å². The summed E-state index contributed by atoms with van der Waals surface area (Å²) < 4.78 is 5.58. The van der Waals surface area contributed by atoms with Crippen LogP contribution in [0.4, 0.5) is 4.79 Å². The van der Waals surface area contributed by atoms with Crippen LogP contribution in [0.25, 0.3) is 0 Å². The molecule has 1 aliphatic rings. The molecule has 92 valence electrons. The Morgan fingerprint density at radius 2 is 2.19 bits per heavy atom. The lowest BCUT2D eigenvalue weighted by Gasteiger charge is -2.22. The Balaban J connectivity index is 2.41. The highest BCUT2D eigenvalue weighted by Crippen LogP contribution is 2.28. The Kier molecular flexibility index (Phi) is 4.70. The summed E-state index contributed by atoms with van der Waals surface area (Å²) in [7, 11) is 0. The second-order valence-electron chi connectivity index (χ2n) is 4.10. The predicted octanol–water partition coefficient (Wildman–Crippen LogP) is -0.286. The van der Waals surface area contributed by atoms with E-state index in [9.17, 15) is 9.59 Å². The first-order chi connectivity index (χ1) is 7.54. The largest absolute Gasteiger partial charge is 0.365 e. The average molecular weight is 229 g/mol. The van der Waals surface area contributed by atoms with E-state index in [1.54, 1.807) is 6.92 Å². The van der Waals surface area contributed by atoms with Crippen molar-refractivity contribution in [1.82, 2.24) is 5.32 Å². The molecule has 1 saturated carbocycles. The highest BCUT2D eigenvalue weighted by atomic mass is 16.5. The minimum Gasteiger partial charge on any atom is -0.365 e. The molecule has 0 aliphatic heterocycles. The van der Waals surface area contributed by atoms with Crippen LogP contribution in [0.2, 0.25) is 0 Å². The number of imide groups is 1. The van der Waals surface area contributed by atoms with Crippen molar-refractivity contribution in [3.8, 4) is 0 Å². The van der Waals surface area contributed by atoms with Crippen molar-refractivity contribution in [3.05, 3.63) is 0 Å². The van der Waals surface area contributed by atoms with Crippen LogP contribution in [-0.4, -0.2) is 30.7 Å². The van der Waals surface area contributed by atoms with E-state index in [0.717, 1.165) is 19.3 Å². The van der Waals surface area contributed by atoms with E-state index in [2.05, 4.69) is 0 Å². The van der Waals surface area contributed by atoms with Crippen molar-refractivity contribution in [2.45, 2.75) is 38.4 Å². The van der Waals surface area contributed by atoms with Crippen molar-refractivity contribution < 1.29 is 14.3 Å². The molecule has 0 aromatic carbocycles. The number of nitrogens with one attached hydrogen (secondary N) is 1. The molecule has 0 saturated heterocycles. The molecule has 0 spiro atoms. The number of amides is 3. The van der Waals surface area contributed by atoms with Gasteiger partial charge in [0, 0.05) is 0 Å². The number of hydrogen-bond donors (Lipinski definition) is 3. The number of urea groups is 1. The SMILES string of the molecule is CC(OC1CCCC1CN)C(=O)NC(N)=O. The van der Waals surface area contributed by atoms with Gasteiger partial charge in [-0.2, -0.15) is 0 Å². The zero-order valence-corrected chi connectivity index (χ0v) is 9.44. The Bertz CT molecular complexity index is 270. The lowest BCUT2D eigenvalue weighted by atomic mass is 10.1. The topological polar surface area (TPSA) is 107 Å². The van der Waals surface area contributed by atoms with Gasteiger partial charge in [0.1, 0.15) is 6.10 Å². The van der Waals surface area contributed by atoms with Gasteiger partial charge < -0.3 is 16.2 Å². The van der Waals surface area contributed by atoms with Crippen molar-refractivity contribution in [1.29, 1.82) is 0 Å². The molecule has 1 rings (SSSR count). The number of nitrogens with two attached hydrogens (primary N) is 2. The van der Waals surface area contributed by atoms with Crippen LogP contribution in [0.1, 0.15) is 26.2 Å². The maximum Gasteiger partial charge on any atom is 0.318 e. The summed E-state index contributed by atoms with van der Waals surface area (Å²) in [4.78, 5) is 21.9. The van der Waals surface area contributed by atoms with E-state index < -0.39 is 18.0 Å². The molecule has 3 unspecified atom stereocenters. The van der Waals surface area contributed by atoms with Crippen LogP contribution in [0.5, 0.6) is 0 Å². The molecule has 6 nitrogen and oxygen atoms in total. The lowest BCUT2D eigenvalue weighted by Crippen LogP contribution is -2.43. The van der Waals surface area contributed by atoms with Crippen LogP contribution in [-0.2, 0) is 9.53 Å². The molecule has 1 fully saturated rings. The minimum atomic E-state index is -0.859. The second kappa shape index (κ2) is 5.81. The van der Waals surface area contributed by atoms with Crippen LogP contribution >= 0.6 is 0 Å². The third-order valence-corrected chi connectivity index (χ3v) is 2.89. The van der Waals surface area contributed by atoms with Crippen molar-refractivity contribution in [2.24, 2.45) is 17.4 Å². The maximum atomic E-state index is 11.4. The minimum absolute atomic E-state index is 0.0126. The normalized spacial score (nSPS) is 26.4. The Hall–Kier alpha value is -1.14. The standard InChI is InChI=1S/C10H19N3O3/c1-6(9(14)13-10(12)15)16-8-4-2-3-7(8)5-11/h6-8H,2-5,11H2,1H3,(H3,12,13,14,15). The van der Waals surface area contributed by atoms with Gasteiger partial charge in [0.15, 0.2) is 0 Å². The van der Waals surface area contributed by atoms with Crippen LogP contribution in [0, 0.1) is 5.92 Å². The highest BCUT2D eigenvalue weighted by Gasteiger charge is 2.30. The van der Waals surface area contributed by atoms with Gasteiger partial charge >= 0.3 is 6.03 Å². The van der Waals surface area contributed by atoms with Crippen LogP contribution in [0.15, 0.2) is 0 Å². The second-order valence-corrected chi connectivity index (χ2v) is 4.10. The van der Waals surface area contributed by atoms with Crippen LogP contribution in [0.3, 0.4) is 0 Å². The summed E-state index contributed by atoms with van der Waals surface area (Å²) >= 11 is 0. The van der Waals surface area contributed by atoms with Crippen molar-refractivity contribution in [3.63, 3.8) is 0 Å². The molecule has 3 amide bonds. The van der Waals surface area contributed by atoms with Gasteiger partial charge in [-0.15, -0.1) is 0 Å². The van der Waals surface area contributed by atoms with Crippen molar-refractivity contribution >= 4 is 11.9 Å². The third-order valence-electron chi connectivity index (χ3n) is 2.89. The quantitative estimate of drug-likeness (QED) is 0.615. The molecule has 6 heteroatoms. The van der Waals surface area contributed by atoms with Gasteiger partial charge in [-0.25, -0.2) is 4.79 Å². The summed E-state index contributed by atoms with van der Waals surface area (Å²) in [5.74, 6) is -0.195. The fraction of sp³-hybridized carbons (Fsp3) is 0.800. The number of primary amides is 1. The van der Waals surface area contributed by atoms with E-state index in [0.29, 0.717) is 12.5 Å². The molecule has 0 bridgehead atoms. The molecule has 0 heterocycles. The van der Waals surface area contributed by atoms with Gasteiger partial charge in [0.05, 0.1) is 6.10 Å². The van der Waals surface area contributed by atoms with Gasteiger partial charge in [-0.3, -0.25) is 10.1 Å². The first kappa shape index (κ1) is 12.9. The zero-order chi connectivity index (χ0) is 12.1. The molecule has 5 N–H and O–H groups in total. The Morgan fingerprint density at radius 3 is 2.75 bits per heavy atom. The third kappa shape index (κ3) is 3.46. The number of rotatable bonds is 4. The highest BCUT2D eigenvalue weighted by molar-refractivity contribution is 5.95. The molecule has 0 aromatic rings. The summed E-state index contributed by atoms with van der Waals surface area (Å²) in [5, 5.41) is 1.99. The molecule has 0 radical (unpaired) electrons. The Labute approximate surface area is 94.7 Å². The average Bonchev–Trinajstić information content (AvgIpc) is 2.64. The molecule has 3 atom stereocenters. The number of carbonyl (C=O) groups excluding carboxylic acids is 2. The lowest BCUT2D eigenvalue weighted by molar-refractivity contribution is -0.135. The number of carbonyl (C=O) groups is 2. The van der Waals surface area contributed by atoms with Gasteiger partial charge in [0.25, 0.3) is 5.91 Å². The number of ether oxygens (including phenoxy) is 1. The first-order valence-corrected chi connectivity index (χ1v) is 5.50.